The fourth-order valence-corrected chi connectivity index (χ4v) is 3.28. The van der Waals surface area contributed by atoms with Crippen molar-refractivity contribution in [3.63, 3.8) is 0 Å². The van der Waals surface area contributed by atoms with Gasteiger partial charge in [-0.2, -0.15) is 0 Å². The van der Waals surface area contributed by atoms with Gasteiger partial charge in [-0.15, -0.1) is 11.3 Å². The summed E-state index contributed by atoms with van der Waals surface area (Å²) < 4.78 is 1.51. The zero-order valence-corrected chi connectivity index (χ0v) is 13.7. The fourth-order valence-electron chi connectivity index (χ4n) is 1.63. The smallest absolute Gasteiger partial charge is 0.144 e. The predicted octanol–water partition coefficient (Wildman–Crippen LogP) is 4.38. The Kier molecular flexibility index (Phi) is 4.29. The Morgan fingerprint density at radius 1 is 1.44 bits per heavy atom. The highest BCUT2D eigenvalue weighted by molar-refractivity contribution is 9.10. The van der Waals surface area contributed by atoms with E-state index in [1.54, 1.807) is 11.3 Å². The minimum Gasteiger partial charge on any atom is -0.346 e. The van der Waals surface area contributed by atoms with E-state index >= 15 is 0 Å². The van der Waals surface area contributed by atoms with E-state index in [0.29, 0.717) is 17.0 Å². The van der Waals surface area contributed by atoms with Crippen molar-refractivity contribution in [1.82, 2.24) is 15.0 Å². The van der Waals surface area contributed by atoms with Crippen LogP contribution in [0.3, 0.4) is 0 Å². The first-order chi connectivity index (χ1) is 8.47. The number of hydrogen-bond acceptors (Lipinski definition) is 4. The second-order valence-corrected chi connectivity index (χ2v) is 6.55. The van der Waals surface area contributed by atoms with Gasteiger partial charge in [0.25, 0.3) is 0 Å². The van der Waals surface area contributed by atoms with Crippen LogP contribution in [0.5, 0.6) is 0 Å². The quantitative estimate of drug-likeness (QED) is 0.840. The molecule has 2 aromatic heterocycles. The summed E-state index contributed by atoms with van der Waals surface area (Å²) in [5.74, 6) is 1.25. The van der Waals surface area contributed by atoms with E-state index in [-0.39, 0.29) is 0 Å². The van der Waals surface area contributed by atoms with Crippen LogP contribution in [0.2, 0.25) is 0 Å². The van der Waals surface area contributed by atoms with Crippen LogP contribution in [-0.4, -0.2) is 15.0 Å². The van der Waals surface area contributed by atoms with Gasteiger partial charge in [0.1, 0.15) is 15.5 Å². The molecule has 18 heavy (non-hydrogen) atoms. The Morgan fingerprint density at radius 2 is 2.17 bits per heavy atom. The Bertz CT molecular complexity index is 616. The van der Waals surface area contributed by atoms with Crippen LogP contribution >= 0.6 is 39.5 Å². The molecule has 0 saturated carbocycles. The highest BCUT2D eigenvalue weighted by Crippen LogP contribution is 2.24. The van der Waals surface area contributed by atoms with E-state index in [9.17, 15) is 0 Å². The topological polar surface area (TPSA) is 41.6 Å². The van der Waals surface area contributed by atoms with Gasteiger partial charge in [-0.05, 0) is 28.8 Å². The lowest BCUT2D eigenvalue weighted by Crippen LogP contribution is -2.04. The Hall–Kier alpha value is -0.590. The van der Waals surface area contributed by atoms with Crippen LogP contribution in [0.25, 0.3) is 0 Å². The minimum atomic E-state index is 0.376. The van der Waals surface area contributed by atoms with Crippen LogP contribution in [0.15, 0.2) is 9.85 Å². The molecule has 0 aliphatic heterocycles. The van der Waals surface area contributed by atoms with Gasteiger partial charge in [-0.25, -0.2) is 9.97 Å². The zero-order valence-electron chi connectivity index (χ0n) is 10.5. The number of aromatic nitrogens is 3. The number of H-pyrrole nitrogens is 1. The zero-order chi connectivity index (χ0) is 13.3. The lowest BCUT2D eigenvalue weighted by Gasteiger charge is -2.10. The van der Waals surface area contributed by atoms with E-state index in [4.69, 9.17) is 12.2 Å². The monoisotopic (exact) mass is 343 g/mol. The third-order valence-corrected chi connectivity index (χ3v) is 4.83. The van der Waals surface area contributed by atoms with E-state index in [1.807, 2.05) is 12.3 Å². The Labute approximate surface area is 124 Å². The average Bonchev–Trinajstić information content (AvgIpc) is 2.68. The van der Waals surface area contributed by atoms with Gasteiger partial charge in [-0.1, -0.05) is 26.1 Å². The summed E-state index contributed by atoms with van der Waals surface area (Å²) in [5.41, 5.74) is 2.15. The van der Waals surface area contributed by atoms with E-state index in [0.717, 1.165) is 26.7 Å². The molecule has 0 spiro atoms. The minimum absolute atomic E-state index is 0.376. The van der Waals surface area contributed by atoms with Gasteiger partial charge < -0.3 is 4.98 Å². The molecule has 0 atom stereocenters. The molecule has 0 aliphatic rings. The number of aryl methyl sites for hydroxylation is 1. The van der Waals surface area contributed by atoms with Crippen molar-refractivity contribution in [2.45, 2.75) is 33.1 Å². The number of aromatic amines is 1. The van der Waals surface area contributed by atoms with Crippen molar-refractivity contribution in [3.8, 4) is 0 Å². The molecule has 0 saturated heterocycles. The number of nitrogens with one attached hydrogen (secondary N) is 1. The van der Waals surface area contributed by atoms with E-state index in [2.05, 4.69) is 44.7 Å². The van der Waals surface area contributed by atoms with Crippen LogP contribution in [0.1, 0.15) is 42.0 Å². The van der Waals surface area contributed by atoms with E-state index < -0.39 is 0 Å². The van der Waals surface area contributed by atoms with Crippen molar-refractivity contribution in [2.75, 3.05) is 0 Å². The fraction of sp³-hybridized carbons (Fsp3) is 0.417. The average molecular weight is 344 g/mol. The van der Waals surface area contributed by atoms with Crippen LogP contribution in [0.4, 0.5) is 0 Å². The Morgan fingerprint density at radius 3 is 2.72 bits per heavy atom. The highest BCUT2D eigenvalue weighted by Gasteiger charge is 2.11. The first-order valence-electron chi connectivity index (χ1n) is 5.67. The normalized spacial score (nSPS) is 11.2. The standard InChI is InChI=1S/C12H14BrN3S2/c1-6(2)11-10(13)12(17)16-8(15-11)4-9-14-7(3)5-18-9/h5-6H,4H2,1-3H3,(H,15,16,17). The second kappa shape index (κ2) is 5.59. The molecule has 1 N–H and O–H groups in total. The second-order valence-electron chi connectivity index (χ2n) is 4.43. The molecule has 96 valence electrons. The molecule has 2 aromatic rings. The molecule has 3 nitrogen and oxygen atoms in total. The maximum atomic E-state index is 5.27. The predicted molar refractivity (Wildman–Crippen MR) is 80.9 cm³/mol. The number of rotatable bonds is 3. The van der Waals surface area contributed by atoms with Gasteiger partial charge >= 0.3 is 0 Å². The molecule has 2 heterocycles. The summed E-state index contributed by atoms with van der Waals surface area (Å²) in [7, 11) is 0. The summed E-state index contributed by atoms with van der Waals surface area (Å²) >= 11 is 10.4. The highest BCUT2D eigenvalue weighted by atomic mass is 79.9. The number of hydrogen-bond donors (Lipinski definition) is 1. The summed E-state index contributed by atoms with van der Waals surface area (Å²) in [6, 6.07) is 0. The summed E-state index contributed by atoms with van der Waals surface area (Å²) in [6.45, 7) is 6.25. The van der Waals surface area contributed by atoms with Crippen molar-refractivity contribution in [2.24, 2.45) is 0 Å². The molecule has 0 radical (unpaired) electrons. The van der Waals surface area contributed by atoms with Gasteiger partial charge in [0.15, 0.2) is 0 Å². The molecule has 0 unspecified atom stereocenters. The molecule has 0 fully saturated rings. The number of halogens is 1. The molecular formula is C12H14BrN3S2. The van der Waals surface area contributed by atoms with Gasteiger partial charge in [0.2, 0.25) is 0 Å². The largest absolute Gasteiger partial charge is 0.346 e. The maximum absolute atomic E-state index is 5.27. The summed E-state index contributed by atoms with van der Waals surface area (Å²) in [4.78, 5) is 12.2. The number of thiazole rings is 1. The molecule has 0 aliphatic carbocycles. The van der Waals surface area contributed by atoms with Crippen molar-refractivity contribution in [1.29, 1.82) is 0 Å². The van der Waals surface area contributed by atoms with Gasteiger partial charge in [0.05, 0.1) is 10.9 Å². The van der Waals surface area contributed by atoms with Gasteiger partial charge in [-0.3, -0.25) is 0 Å². The third-order valence-electron chi connectivity index (χ3n) is 2.50. The lowest BCUT2D eigenvalue weighted by molar-refractivity contribution is 0.779. The molecule has 0 amide bonds. The first-order valence-corrected chi connectivity index (χ1v) is 7.75. The van der Waals surface area contributed by atoms with Crippen molar-refractivity contribution < 1.29 is 0 Å². The van der Waals surface area contributed by atoms with Crippen LogP contribution in [-0.2, 0) is 6.42 Å². The molecule has 2 rings (SSSR count). The molecule has 6 heteroatoms. The molecule has 0 aromatic carbocycles. The molecule has 0 bridgehead atoms. The van der Waals surface area contributed by atoms with Crippen molar-refractivity contribution >= 4 is 39.5 Å². The first kappa shape index (κ1) is 13.8. The van der Waals surface area contributed by atoms with E-state index in [1.165, 1.54) is 0 Å². The Balaban J connectivity index is 2.37. The van der Waals surface area contributed by atoms with Gasteiger partial charge in [0, 0.05) is 16.8 Å². The molecular weight excluding hydrogens is 330 g/mol. The third kappa shape index (κ3) is 3.05. The summed E-state index contributed by atoms with van der Waals surface area (Å²) in [6.07, 6.45) is 0.704. The van der Waals surface area contributed by atoms with Crippen LogP contribution in [0, 0.1) is 11.6 Å². The SMILES string of the molecule is Cc1csc(Cc2nc(=S)c(Br)c(C(C)C)[nH]2)n1. The number of nitrogens with zero attached hydrogens (tertiary/aromatic N) is 2. The maximum Gasteiger partial charge on any atom is 0.144 e. The lowest BCUT2D eigenvalue weighted by atomic mass is 10.1. The van der Waals surface area contributed by atoms with Crippen LogP contribution < -0.4 is 0 Å². The summed E-state index contributed by atoms with van der Waals surface area (Å²) in [5, 5.41) is 3.11. The van der Waals surface area contributed by atoms with Crippen molar-refractivity contribution in [3.05, 3.63) is 36.7 Å².